The second kappa shape index (κ2) is 5.36. The molecule has 1 saturated carbocycles. The Hall–Kier alpha value is -2.30. The SMILES string of the molecule is COc1ccc(Cn2nccc2NC(=O)C2CC2)cc1. The number of nitrogens with zero attached hydrogens (tertiary/aromatic N) is 2. The van der Waals surface area contributed by atoms with Gasteiger partial charge >= 0.3 is 0 Å². The minimum atomic E-state index is 0.0986. The van der Waals surface area contributed by atoms with Gasteiger partial charge in [-0.1, -0.05) is 12.1 Å². The van der Waals surface area contributed by atoms with E-state index in [0.717, 1.165) is 30.0 Å². The van der Waals surface area contributed by atoms with E-state index in [1.54, 1.807) is 18.0 Å². The van der Waals surface area contributed by atoms with Crippen LogP contribution in [-0.2, 0) is 11.3 Å². The molecule has 0 saturated heterocycles. The van der Waals surface area contributed by atoms with Crippen molar-refractivity contribution < 1.29 is 9.53 Å². The summed E-state index contributed by atoms with van der Waals surface area (Å²) in [6, 6.07) is 9.65. The largest absolute Gasteiger partial charge is 0.497 e. The van der Waals surface area contributed by atoms with Crippen molar-refractivity contribution in [3.8, 4) is 5.75 Å². The topological polar surface area (TPSA) is 56.1 Å². The van der Waals surface area contributed by atoms with Gasteiger partial charge in [-0.15, -0.1) is 0 Å². The first-order chi connectivity index (χ1) is 9.76. The van der Waals surface area contributed by atoms with Crippen LogP contribution in [0.4, 0.5) is 5.82 Å². The molecule has 0 spiro atoms. The quantitative estimate of drug-likeness (QED) is 0.907. The Balaban J connectivity index is 1.70. The number of aromatic nitrogens is 2. The summed E-state index contributed by atoms with van der Waals surface area (Å²) in [5, 5.41) is 7.19. The highest BCUT2D eigenvalue weighted by Gasteiger charge is 2.30. The number of carbonyl (C=O) groups excluding carboxylic acids is 1. The molecule has 0 unspecified atom stereocenters. The molecule has 5 heteroatoms. The fourth-order valence-electron chi connectivity index (χ4n) is 2.04. The molecule has 1 aliphatic rings. The van der Waals surface area contributed by atoms with Crippen molar-refractivity contribution in [3.63, 3.8) is 0 Å². The smallest absolute Gasteiger partial charge is 0.228 e. The van der Waals surface area contributed by atoms with Crippen molar-refractivity contribution in [3.05, 3.63) is 42.1 Å². The summed E-state index contributed by atoms with van der Waals surface area (Å²) in [5.74, 6) is 1.87. The molecule has 1 aromatic heterocycles. The van der Waals surface area contributed by atoms with Crippen molar-refractivity contribution in [1.82, 2.24) is 9.78 Å². The Labute approximate surface area is 117 Å². The zero-order chi connectivity index (χ0) is 13.9. The second-order valence-electron chi connectivity index (χ2n) is 4.99. The molecule has 3 rings (SSSR count). The molecule has 1 aromatic carbocycles. The van der Waals surface area contributed by atoms with E-state index >= 15 is 0 Å². The predicted molar refractivity (Wildman–Crippen MR) is 75.7 cm³/mol. The third kappa shape index (κ3) is 2.82. The Morgan fingerprint density at radius 1 is 1.35 bits per heavy atom. The molecule has 1 fully saturated rings. The molecule has 0 aliphatic heterocycles. The lowest BCUT2D eigenvalue weighted by atomic mass is 10.2. The van der Waals surface area contributed by atoms with Crippen molar-refractivity contribution in [2.75, 3.05) is 12.4 Å². The van der Waals surface area contributed by atoms with Gasteiger partial charge in [0.15, 0.2) is 0 Å². The van der Waals surface area contributed by atoms with E-state index in [1.807, 2.05) is 30.3 Å². The van der Waals surface area contributed by atoms with Gasteiger partial charge in [0.1, 0.15) is 11.6 Å². The maximum Gasteiger partial charge on any atom is 0.228 e. The third-order valence-corrected chi connectivity index (χ3v) is 3.41. The van der Waals surface area contributed by atoms with Gasteiger partial charge < -0.3 is 10.1 Å². The lowest BCUT2D eigenvalue weighted by Gasteiger charge is -2.09. The van der Waals surface area contributed by atoms with Crippen LogP contribution >= 0.6 is 0 Å². The van der Waals surface area contributed by atoms with Gasteiger partial charge in [0.2, 0.25) is 5.91 Å². The van der Waals surface area contributed by atoms with Crippen LogP contribution in [0.5, 0.6) is 5.75 Å². The van der Waals surface area contributed by atoms with Crippen LogP contribution in [0.1, 0.15) is 18.4 Å². The van der Waals surface area contributed by atoms with Crippen LogP contribution in [0.15, 0.2) is 36.5 Å². The van der Waals surface area contributed by atoms with Gasteiger partial charge in [-0.25, -0.2) is 4.68 Å². The first kappa shape index (κ1) is 12.7. The number of hydrogen-bond acceptors (Lipinski definition) is 3. The van der Waals surface area contributed by atoms with E-state index < -0.39 is 0 Å². The predicted octanol–water partition coefficient (Wildman–Crippen LogP) is 2.29. The second-order valence-corrected chi connectivity index (χ2v) is 4.99. The molecular formula is C15H17N3O2. The monoisotopic (exact) mass is 271 g/mol. The number of rotatable bonds is 5. The summed E-state index contributed by atoms with van der Waals surface area (Å²) in [6.45, 7) is 0.622. The lowest BCUT2D eigenvalue weighted by molar-refractivity contribution is -0.117. The average molecular weight is 271 g/mol. The van der Waals surface area contributed by atoms with Crippen LogP contribution in [-0.4, -0.2) is 22.8 Å². The Morgan fingerprint density at radius 3 is 2.75 bits per heavy atom. The molecule has 1 N–H and O–H groups in total. The summed E-state index contributed by atoms with van der Waals surface area (Å²) in [6.07, 6.45) is 3.70. The number of nitrogens with one attached hydrogen (secondary N) is 1. The number of methoxy groups -OCH3 is 1. The van der Waals surface area contributed by atoms with E-state index in [0.29, 0.717) is 6.54 Å². The van der Waals surface area contributed by atoms with E-state index in [-0.39, 0.29) is 11.8 Å². The van der Waals surface area contributed by atoms with Crippen molar-refractivity contribution >= 4 is 11.7 Å². The zero-order valence-electron chi connectivity index (χ0n) is 11.4. The van der Waals surface area contributed by atoms with Crippen molar-refractivity contribution in [1.29, 1.82) is 0 Å². The molecule has 0 radical (unpaired) electrons. The molecule has 2 aromatic rings. The van der Waals surface area contributed by atoms with E-state index in [4.69, 9.17) is 4.74 Å². The molecule has 104 valence electrons. The molecule has 5 nitrogen and oxygen atoms in total. The highest BCUT2D eigenvalue weighted by atomic mass is 16.5. The minimum absolute atomic E-state index is 0.0986. The Kier molecular flexibility index (Phi) is 3.41. The first-order valence-corrected chi connectivity index (χ1v) is 6.72. The van der Waals surface area contributed by atoms with Crippen molar-refractivity contribution in [2.24, 2.45) is 5.92 Å². The summed E-state index contributed by atoms with van der Waals surface area (Å²) in [5.41, 5.74) is 1.11. The molecule has 1 aliphatic carbocycles. The molecular weight excluding hydrogens is 254 g/mol. The maximum atomic E-state index is 11.8. The van der Waals surface area contributed by atoms with Crippen LogP contribution in [0.2, 0.25) is 0 Å². The van der Waals surface area contributed by atoms with Crippen LogP contribution in [0.25, 0.3) is 0 Å². The Morgan fingerprint density at radius 2 is 2.10 bits per heavy atom. The van der Waals surface area contributed by atoms with Crippen LogP contribution < -0.4 is 10.1 Å². The van der Waals surface area contributed by atoms with E-state index in [1.165, 1.54) is 0 Å². The molecule has 1 heterocycles. The molecule has 0 bridgehead atoms. The molecule has 1 amide bonds. The molecule has 20 heavy (non-hydrogen) atoms. The van der Waals surface area contributed by atoms with E-state index in [2.05, 4.69) is 10.4 Å². The average Bonchev–Trinajstić information content (AvgIpc) is 3.24. The van der Waals surface area contributed by atoms with Crippen molar-refractivity contribution in [2.45, 2.75) is 19.4 Å². The number of anilines is 1. The van der Waals surface area contributed by atoms with Gasteiger partial charge in [-0.2, -0.15) is 5.10 Å². The standard InChI is InChI=1S/C15H17N3O2/c1-20-13-6-2-11(3-7-13)10-18-14(8-9-16-18)17-15(19)12-4-5-12/h2-3,6-9,12H,4-5,10H2,1H3,(H,17,19). The number of carbonyl (C=O) groups is 1. The summed E-state index contributed by atoms with van der Waals surface area (Å²) < 4.78 is 6.93. The highest BCUT2D eigenvalue weighted by molar-refractivity contribution is 5.93. The van der Waals surface area contributed by atoms with Crippen LogP contribution in [0.3, 0.4) is 0 Å². The number of hydrogen-bond donors (Lipinski definition) is 1. The zero-order valence-corrected chi connectivity index (χ0v) is 11.4. The Bertz CT molecular complexity index is 600. The minimum Gasteiger partial charge on any atom is -0.497 e. The number of benzene rings is 1. The number of ether oxygens (including phenoxy) is 1. The fraction of sp³-hybridized carbons (Fsp3) is 0.333. The van der Waals surface area contributed by atoms with Gasteiger partial charge in [-0.3, -0.25) is 4.79 Å². The lowest BCUT2D eigenvalue weighted by Crippen LogP contribution is -2.17. The fourth-order valence-corrected chi connectivity index (χ4v) is 2.04. The normalized spacial score (nSPS) is 14.1. The third-order valence-electron chi connectivity index (χ3n) is 3.41. The van der Waals surface area contributed by atoms with Gasteiger partial charge in [-0.05, 0) is 30.5 Å². The first-order valence-electron chi connectivity index (χ1n) is 6.72. The van der Waals surface area contributed by atoms with Crippen LogP contribution in [0, 0.1) is 5.92 Å². The summed E-state index contributed by atoms with van der Waals surface area (Å²) in [4.78, 5) is 11.8. The maximum absolute atomic E-state index is 11.8. The van der Waals surface area contributed by atoms with Gasteiger partial charge in [0.05, 0.1) is 19.9 Å². The van der Waals surface area contributed by atoms with E-state index in [9.17, 15) is 4.79 Å². The van der Waals surface area contributed by atoms with Gasteiger partial charge in [0, 0.05) is 12.0 Å². The van der Waals surface area contributed by atoms with Gasteiger partial charge in [0.25, 0.3) is 0 Å². The highest BCUT2D eigenvalue weighted by Crippen LogP contribution is 2.30. The summed E-state index contributed by atoms with van der Waals surface area (Å²) >= 11 is 0. The molecule has 0 atom stereocenters. The number of amides is 1. The summed E-state index contributed by atoms with van der Waals surface area (Å²) in [7, 11) is 1.65.